The second-order valence-electron chi connectivity index (χ2n) is 1.37. The number of hydrogen-bond acceptors (Lipinski definition) is 4. The fourth-order valence-electron chi connectivity index (χ4n) is 0.129. The highest BCUT2D eigenvalue weighted by Gasteiger charge is 1.76. The lowest BCUT2D eigenvalue weighted by molar-refractivity contribution is 0.565. The Kier molecular flexibility index (Phi) is 21.4. The summed E-state index contributed by atoms with van der Waals surface area (Å²) in [6, 6.07) is 3.12. The molecule has 5 heteroatoms. The van der Waals surface area contributed by atoms with Crippen LogP contribution < -0.4 is 0 Å². The third-order valence-electron chi connectivity index (χ3n) is 0.554. The molecule has 0 unspecified atom stereocenters. The van der Waals surface area contributed by atoms with Crippen molar-refractivity contribution in [2.75, 3.05) is 0 Å². The van der Waals surface area contributed by atoms with Gasteiger partial charge >= 0.3 is 0 Å². The maximum atomic E-state index is 9.27. The minimum Gasteiger partial charge on any atom is -0.211 e. The van der Waals surface area contributed by atoms with Crippen molar-refractivity contribution in [3.05, 3.63) is 36.4 Å². The van der Waals surface area contributed by atoms with E-state index in [0.29, 0.717) is 0 Å². The van der Waals surface area contributed by atoms with Gasteiger partial charge in [0, 0.05) is 0 Å². The largest absolute Gasteiger partial charge is 0.240 e. The van der Waals surface area contributed by atoms with Gasteiger partial charge in [-0.2, -0.15) is 15.5 Å². The van der Waals surface area contributed by atoms with Crippen LogP contribution in [-0.2, 0) is 4.79 Å². The van der Waals surface area contributed by atoms with Gasteiger partial charge in [-0.15, -0.1) is 12.4 Å². The molecule has 0 bridgehead atoms. The first kappa shape index (κ1) is 17.7. The van der Waals surface area contributed by atoms with Crippen LogP contribution in [-0.4, -0.2) is 6.08 Å². The summed E-state index contributed by atoms with van der Waals surface area (Å²) in [6.07, 6.45) is 2.43. The normalized spacial score (nSPS) is 4.43. The van der Waals surface area contributed by atoms with Crippen LogP contribution in [0.1, 0.15) is 0 Å². The molecule has 0 N–H and O–H groups in total. The van der Waals surface area contributed by atoms with Crippen molar-refractivity contribution >= 4 is 18.5 Å². The SMILES string of the molecule is C=C(C#N)C#N.C=C=C=CN=C=O.Cl. The molecule has 0 saturated carbocycles. The van der Waals surface area contributed by atoms with Crippen molar-refractivity contribution < 1.29 is 4.79 Å². The van der Waals surface area contributed by atoms with Gasteiger partial charge in [0.2, 0.25) is 6.08 Å². The zero-order chi connectivity index (χ0) is 10.5. The molecule has 0 aliphatic carbocycles. The predicted octanol–water partition coefficient (Wildman–Crippen LogP) is 1.79. The van der Waals surface area contributed by atoms with E-state index in [9.17, 15) is 4.79 Å². The van der Waals surface area contributed by atoms with Gasteiger partial charge in [0.05, 0.1) is 6.20 Å². The molecule has 70 valence electrons. The van der Waals surface area contributed by atoms with Crippen LogP contribution in [0.3, 0.4) is 0 Å². The molecule has 0 saturated heterocycles. The zero-order valence-electron chi connectivity index (χ0n) is 7.15. The summed E-state index contributed by atoms with van der Waals surface area (Å²) >= 11 is 0. The molecule has 0 aliphatic heterocycles. The lowest BCUT2D eigenvalue weighted by Crippen LogP contribution is -1.58. The number of nitrogens with zero attached hydrogens (tertiary/aromatic N) is 3. The summed E-state index contributed by atoms with van der Waals surface area (Å²) in [5.74, 6) is 0. The second-order valence-corrected chi connectivity index (χ2v) is 1.37. The Balaban J connectivity index is -0.000000163. The van der Waals surface area contributed by atoms with Crippen molar-refractivity contribution in [2.45, 2.75) is 0 Å². The number of carbonyl (C=O) groups excluding carboxylic acids is 1. The van der Waals surface area contributed by atoms with E-state index in [-0.39, 0.29) is 18.0 Å². The molecule has 14 heavy (non-hydrogen) atoms. The summed E-state index contributed by atoms with van der Waals surface area (Å²) in [7, 11) is 0. The van der Waals surface area contributed by atoms with E-state index in [1.165, 1.54) is 6.08 Å². The second kappa shape index (κ2) is 17.0. The molecule has 0 spiro atoms. The number of hydrogen-bond donors (Lipinski definition) is 0. The van der Waals surface area contributed by atoms with Crippen LogP contribution in [0.5, 0.6) is 0 Å². The Morgan fingerprint density at radius 3 is 2.07 bits per heavy atom. The van der Waals surface area contributed by atoms with Gasteiger partial charge < -0.3 is 0 Å². The quantitative estimate of drug-likeness (QED) is 0.285. The molecular formula is C9H6ClN3O. The van der Waals surface area contributed by atoms with E-state index in [4.69, 9.17) is 10.5 Å². The minimum absolute atomic E-state index is 0. The van der Waals surface area contributed by atoms with Crippen LogP contribution >= 0.6 is 12.4 Å². The van der Waals surface area contributed by atoms with Crippen LogP contribution in [0.25, 0.3) is 0 Å². The Morgan fingerprint density at radius 1 is 1.36 bits per heavy atom. The minimum atomic E-state index is -0.0463. The number of allylic oxidation sites excluding steroid dienone is 1. The van der Waals surface area contributed by atoms with Crippen molar-refractivity contribution in [3.63, 3.8) is 0 Å². The van der Waals surface area contributed by atoms with E-state index in [1.807, 2.05) is 0 Å². The van der Waals surface area contributed by atoms with Crippen molar-refractivity contribution in [3.8, 4) is 12.1 Å². The highest BCUT2D eigenvalue weighted by molar-refractivity contribution is 5.85. The Bertz CT molecular complexity index is 365. The molecule has 0 amide bonds. The lowest BCUT2D eigenvalue weighted by atomic mass is 10.4. The summed E-state index contributed by atoms with van der Waals surface area (Å²) < 4.78 is 0. The van der Waals surface area contributed by atoms with Crippen LogP contribution in [0, 0.1) is 22.7 Å². The molecule has 0 heterocycles. The van der Waals surface area contributed by atoms with Gasteiger partial charge in [0.15, 0.2) is 0 Å². The van der Waals surface area contributed by atoms with Crippen LogP contribution in [0.4, 0.5) is 0 Å². The Labute approximate surface area is 87.9 Å². The summed E-state index contributed by atoms with van der Waals surface area (Å²) in [6.45, 7) is 6.24. The zero-order valence-corrected chi connectivity index (χ0v) is 7.97. The van der Waals surface area contributed by atoms with Gasteiger partial charge in [-0.25, -0.2) is 4.79 Å². The molecule has 0 radical (unpaired) electrons. The third kappa shape index (κ3) is 22.6. The first-order chi connectivity index (χ1) is 6.22. The number of nitriles is 2. The topological polar surface area (TPSA) is 77.0 Å². The fourth-order valence-corrected chi connectivity index (χ4v) is 0.129. The van der Waals surface area contributed by atoms with E-state index >= 15 is 0 Å². The van der Waals surface area contributed by atoms with Gasteiger partial charge in [-0.3, -0.25) is 0 Å². The van der Waals surface area contributed by atoms with Gasteiger partial charge in [-0.05, 0) is 12.3 Å². The molecule has 4 nitrogen and oxygen atoms in total. The number of halogens is 1. The van der Waals surface area contributed by atoms with E-state index < -0.39 is 0 Å². The predicted molar refractivity (Wildman–Crippen MR) is 53.0 cm³/mol. The smallest absolute Gasteiger partial charge is 0.211 e. The van der Waals surface area contributed by atoms with E-state index in [1.54, 1.807) is 12.1 Å². The Morgan fingerprint density at radius 2 is 1.86 bits per heavy atom. The molecule has 0 rings (SSSR count). The Hall–Kier alpha value is -2.31. The fraction of sp³-hybridized carbons (Fsp3) is 0. The van der Waals surface area contributed by atoms with E-state index in [2.05, 4.69) is 29.6 Å². The standard InChI is InChI=1S/C5H3NO.C4H2N2.ClH/c1-2-3-4-6-5-7;1-4(2-5)3-6;/h4H,1H2;1H2;1H. The van der Waals surface area contributed by atoms with Gasteiger partial charge in [-0.1, -0.05) is 12.3 Å². The molecule has 0 atom stereocenters. The number of aliphatic imine (C=N–C) groups is 1. The molecule has 0 aromatic carbocycles. The summed E-state index contributed by atoms with van der Waals surface area (Å²) in [5, 5.41) is 15.5. The average Bonchev–Trinajstić information content (AvgIpc) is 2.18. The van der Waals surface area contributed by atoms with Crippen molar-refractivity contribution in [2.24, 2.45) is 4.99 Å². The molecular weight excluding hydrogens is 202 g/mol. The first-order valence-corrected chi connectivity index (χ1v) is 2.88. The van der Waals surface area contributed by atoms with Gasteiger partial charge in [0.1, 0.15) is 17.7 Å². The monoisotopic (exact) mass is 207 g/mol. The lowest BCUT2D eigenvalue weighted by Gasteiger charge is -1.58. The van der Waals surface area contributed by atoms with Crippen molar-refractivity contribution in [1.82, 2.24) is 0 Å². The average molecular weight is 208 g/mol. The summed E-state index contributed by atoms with van der Waals surface area (Å²) in [5.41, 5.74) is 4.56. The molecule has 0 aromatic rings. The third-order valence-corrected chi connectivity index (χ3v) is 0.554. The first-order valence-electron chi connectivity index (χ1n) is 2.88. The maximum absolute atomic E-state index is 9.27. The van der Waals surface area contributed by atoms with Crippen molar-refractivity contribution in [1.29, 1.82) is 10.5 Å². The molecule has 0 aliphatic rings. The van der Waals surface area contributed by atoms with Crippen LogP contribution in [0.2, 0.25) is 0 Å². The highest BCUT2D eigenvalue weighted by Crippen LogP contribution is 1.75. The maximum Gasteiger partial charge on any atom is 0.240 e. The van der Waals surface area contributed by atoms with E-state index in [0.717, 1.165) is 6.20 Å². The summed E-state index contributed by atoms with van der Waals surface area (Å²) in [4.78, 5) is 12.3. The number of rotatable bonds is 1. The molecule has 0 fully saturated rings. The van der Waals surface area contributed by atoms with Gasteiger partial charge in [0.25, 0.3) is 0 Å². The molecule has 0 aromatic heterocycles. The highest BCUT2D eigenvalue weighted by atomic mass is 35.5. The number of isocyanates is 1. The van der Waals surface area contributed by atoms with Crippen LogP contribution in [0.15, 0.2) is 41.4 Å².